The predicted octanol–water partition coefficient (Wildman–Crippen LogP) is 3.63. The number of hydrogen-bond donors (Lipinski definition) is 1. The lowest BCUT2D eigenvalue weighted by atomic mass is 9.92. The molecule has 0 amide bonds. The number of hydrogen-bond acceptors (Lipinski definition) is 2. The summed E-state index contributed by atoms with van der Waals surface area (Å²) in [6.45, 7) is 7.97. The van der Waals surface area contributed by atoms with Gasteiger partial charge in [0.25, 0.3) is 0 Å². The van der Waals surface area contributed by atoms with Gasteiger partial charge in [0.2, 0.25) is 0 Å². The number of rotatable bonds is 7. The molecule has 1 aromatic carbocycles. The average molecular weight is 259 g/mol. The van der Waals surface area contributed by atoms with Crippen LogP contribution in [-0.2, 0) is 11.2 Å². The van der Waals surface area contributed by atoms with Crippen molar-refractivity contribution in [2.45, 2.75) is 44.8 Å². The molecular weight excluding hydrogens is 234 g/mol. The van der Waals surface area contributed by atoms with E-state index < -0.39 is 0 Å². The lowest BCUT2D eigenvalue weighted by Gasteiger charge is -2.29. The van der Waals surface area contributed by atoms with Crippen LogP contribution in [-0.4, -0.2) is 19.2 Å². The molecule has 0 bridgehead atoms. The zero-order valence-electron chi connectivity index (χ0n) is 11.9. The van der Waals surface area contributed by atoms with E-state index in [1.807, 2.05) is 6.08 Å². The molecule has 19 heavy (non-hydrogen) atoms. The molecule has 2 atom stereocenters. The molecule has 0 spiro atoms. The van der Waals surface area contributed by atoms with Crippen LogP contribution in [0.15, 0.2) is 36.9 Å². The van der Waals surface area contributed by atoms with E-state index in [-0.39, 0.29) is 6.10 Å². The molecule has 1 N–H and O–H groups in total. The van der Waals surface area contributed by atoms with Gasteiger partial charge in [0.05, 0.1) is 12.7 Å². The summed E-state index contributed by atoms with van der Waals surface area (Å²) in [5.74, 6) is 0. The first kappa shape index (κ1) is 14.3. The second kappa shape index (κ2) is 7.46. The fourth-order valence-corrected chi connectivity index (χ4v) is 2.74. The van der Waals surface area contributed by atoms with Gasteiger partial charge < -0.3 is 10.1 Å². The summed E-state index contributed by atoms with van der Waals surface area (Å²) in [6, 6.07) is 9.14. The Bertz CT molecular complexity index is 402. The third-order valence-electron chi connectivity index (χ3n) is 3.73. The van der Waals surface area contributed by atoms with Gasteiger partial charge in [-0.1, -0.05) is 37.3 Å². The molecule has 0 aromatic heterocycles. The van der Waals surface area contributed by atoms with Gasteiger partial charge in [0.15, 0.2) is 0 Å². The Labute approximate surface area is 116 Å². The molecule has 0 radical (unpaired) electrons. The summed E-state index contributed by atoms with van der Waals surface area (Å²) in [6.07, 6.45) is 6.48. The summed E-state index contributed by atoms with van der Waals surface area (Å²) < 4.78 is 5.99. The standard InChI is InChI=1S/C17H25NO/c1-3-7-15(18-11-4-2)13-17-16-9-6-5-8-14(16)10-12-19-17/h3,5-6,8-9,15,17-18H,1,4,7,10-13H2,2H3. The Balaban J connectivity index is 2.03. The minimum absolute atomic E-state index is 0.235. The number of ether oxygens (including phenoxy) is 1. The van der Waals surface area contributed by atoms with Crippen molar-refractivity contribution < 1.29 is 4.74 Å². The number of nitrogens with one attached hydrogen (secondary N) is 1. The first-order valence-corrected chi connectivity index (χ1v) is 7.38. The molecule has 2 rings (SSSR count). The molecule has 0 aliphatic carbocycles. The topological polar surface area (TPSA) is 21.3 Å². The van der Waals surface area contributed by atoms with Gasteiger partial charge in [-0.05, 0) is 43.4 Å². The van der Waals surface area contributed by atoms with Gasteiger partial charge in [-0.3, -0.25) is 0 Å². The largest absolute Gasteiger partial charge is 0.373 e. The fraction of sp³-hybridized carbons (Fsp3) is 0.529. The molecule has 1 aliphatic rings. The highest BCUT2D eigenvalue weighted by Gasteiger charge is 2.23. The van der Waals surface area contributed by atoms with Crippen LogP contribution in [0.3, 0.4) is 0 Å². The van der Waals surface area contributed by atoms with Crippen molar-refractivity contribution in [3.63, 3.8) is 0 Å². The van der Waals surface area contributed by atoms with E-state index in [9.17, 15) is 0 Å². The van der Waals surface area contributed by atoms with Crippen LogP contribution in [0.2, 0.25) is 0 Å². The van der Waals surface area contributed by atoms with E-state index in [0.29, 0.717) is 6.04 Å². The van der Waals surface area contributed by atoms with Crippen LogP contribution >= 0.6 is 0 Å². The van der Waals surface area contributed by atoms with Crippen LogP contribution in [0.5, 0.6) is 0 Å². The summed E-state index contributed by atoms with van der Waals surface area (Å²) in [5.41, 5.74) is 2.83. The van der Waals surface area contributed by atoms with Crippen molar-refractivity contribution in [3.05, 3.63) is 48.0 Å². The zero-order chi connectivity index (χ0) is 13.5. The van der Waals surface area contributed by atoms with E-state index >= 15 is 0 Å². The molecule has 2 unspecified atom stereocenters. The lowest BCUT2D eigenvalue weighted by molar-refractivity contribution is 0.0297. The van der Waals surface area contributed by atoms with Gasteiger partial charge >= 0.3 is 0 Å². The van der Waals surface area contributed by atoms with Gasteiger partial charge in [-0.15, -0.1) is 6.58 Å². The quantitative estimate of drug-likeness (QED) is 0.755. The molecule has 0 saturated heterocycles. The Morgan fingerprint density at radius 2 is 2.32 bits per heavy atom. The molecule has 2 nitrogen and oxygen atoms in total. The van der Waals surface area contributed by atoms with Crippen molar-refractivity contribution in [1.29, 1.82) is 0 Å². The van der Waals surface area contributed by atoms with E-state index in [1.54, 1.807) is 0 Å². The maximum atomic E-state index is 5.99. The lowest BCUT2D eigenvalue weighted by Crippen LogP contribution is -2.32. The third kappa shape index (κ3) is 3.92. The zero-order valence-corrected chi connectivity index (χ0v) is 11.9. The highest BCUT2D eigenvalue weighted by molar-refractivity contribution is 5.31. The number of fused-ring (bicyclic) bond motifs is 1. The minimum atomic E-state index is 0.235. The molecule has 104 valence electrons. The van der Waals surface area contributed by atoms with Crippen molar-refractivity contribution in [2.75, 3.05) is 13.2 Å². The Morgan fingerprint density at radius 3 is 3.11 bits per heavy atom. The average Bonchev–Trinajstić information content (AvgIpc) is 2.45. The summed E-state index contributed by atoms with van der Waals surface area (Å²) in [4.78, 5) is 0. The first-order chi connectivity index (χ1) is 9.35. The summed E-state index contributed by atoms with van der Waals surface area (Å²) in [7, 11) is 0. The monoisotopic (exact) mass is 259 g/mol. The molecule has 0 fully saturated rings. The fourth-order valence-electron chi connectivity index (χ4n) is 2.74. The van der Waals surface area contributed by atoms with Crippen molar-refractivity contribution >= 4 is 0 Å². The van der Waals surface area contributed by atoms with Crippen molar-refractivity contribution in [2.24, 2.45) is 0 Å². The van der Waals surface area contributed by atoms with E-state index in [4.69, 9.17) is 4.74 Å². The second-order valence-corrected chi connectivity index (χ2v) is 5.22. The number of benzene rings is 1. The highest BCUT2D eigenvalue weighted by atomic mass is 16.5. The van der Waals surface area contributed by atoms with Crippen LogP contribution in [0.4, 0.5) is 0 Å². The van der Waals surface area contributed by atoms with Crippen molar-refractivity contribution in [3.8, 4) is 0 Å². The van der Waals surface area contributed by atoms with Gasteiger partial charge in [-0.25, -0.2) is 0 Å². The van der Waals surface area contributed by atoms with Crippen LogP contribution in [0.25, 0.3) is 0 Å². The maximum Gasteiger partial charge on any atom is 0.0842 e. The van der Waals surface area contributed by atoms with E-state index in [2.05, 4.69) is 43.1 Å². The Morgan fingerprint density at radius 1 is 1.47 bits per heavy atom. The van der Waals surface area contributed by atoms with E-state index in [1.165, 1.54) is 11.1 Å². The second-order valence-electron chi connectivity index (χ2n) is 5.22. The molecule has 1 heterocycles. The van der Waals surface area contributed by atoms with Crippen LogP contribution < -0.4 is 5.32 Å². The van der Waals surface area contributed by atoms with Crippen LogP contribution in [0.1, 0.15) is 43.4 Å². The highest BCUT2D eigenvalue weighted by Crippen LogP contribution is 2.30. The molecule has 0 saturated carbocycles. The van der Waals surface area contributed by atoms with Crippen LogP contribution in [0, 0.1) is 0 Å². The predicted molar refractivity (Wildman–Crippen MR) is 80.4 cm³/mol. The van der Waals surface area contributed by atoms with Crippen molar-refractivity contribution in [1.82, 2.24) is 5.32 Å². The summed E-state index contributed by atoms with van der Waals surface area (Å²) >= 11 is 0. The van der Waals surface area contributed by atoms with E-state index in [0.717, 1.165) is 38.8 Å². The van der Waals surface area contributed by atoms with Gasteiger partial charge in [0, 0.05) is 6.04 Å². The Kier molecular flexibility index (Phi) is 5.62. The normalized spacial score (nSPS) is 19.7. The first-order valence-electron chi connectivity index (χ1n) is 7.38. The molecular formula is C17H25NO. The SMILES string of the molecule is C=CCC(CC1OCCc2ccccc21)NCCC. The minimum Gasteiger partial charge on any atom is -0.373 e. The van der Waals surface area contributed by atoms with Gasteiger partial charge in [0.1, 0.15) is 0 Å². The smallest absolute Gasteiger partial charge is 0.0842 e. The van der Waals surface area contributed by atoms with Gasteiger partial charge in [-0.2, -0.15) is 0 Å². The Hall–Kier alpha value is -1.12. The molecule has 2 heteroatoms. The molecule has 1 aliphatic heterocycles. The summed E-state index contributed by atoms with van der Waals surface area (Å²) in [5, 5.41) is 3.60. The maximum absolute atomic E-state index is 5.99. The molecule has 1 aromatic rings. The third-order valence-corrected chi connectivity index (χ3v) is 3.73.